The molecule has 0 fully saturated rings. The molecule has 142 valence electrons. The number of halogens is 2. The van der Waals surface area contributed by atoms with Crippen molar-refractivity contribution in [2.75, 3.05) is 19.8 Å². The van der Waals surface area contributed by atoms with Gasteiger partial charge in [0.1, 0.15) is 12.3 Å². The molecule has 0 spiro atoms. The summed E-state index contributed by atoms with van der Waals surface area (Å²) in [5.41, 5.74) is 1.09. The van der Waals surface area contributed by atoms with E-state index in [0.717, 1.165) is 5.56 Å². The van der Waals surface area contributed by atoms with E-state index in [1.165, 1.54) is 18.2 Å². The number of ether oxygens (including phenoxy) is 2. The van der Waals surface area contributed by atoms with E-state index in [-0.39, 0.29) is 23.7 Å². The van der Waals surface area contributed by atoms with E-state index in [1.807, 2.05) is 19.1 Å². The number of carbonyl (C=O) groups excluding carboxylic acids is 3. The lowest BCUT2D eigenvalue weighted by Gasteiger charge is -2.09. The van der Waals surface area contributed by atoms with Crippen molar-refractivity contribution in [1.82, 2.24) is 5.32 Å². The summed E-state index contributed by atoms with van der Waals surface area (Å²) in [7, 11) is 0. The number of hydrogen-bond acceptors (Lipinski definition) is 5. The Labute approximate surface area is 166 Å². The molecule has 0 aromatic heterocycles. The monoisotopic (exact) mass is 409 g/mol. The van der Waals surface area contributed by atoms with Crippen molar-refractivity contribution >= 4 is 40.9 Å². The average molecular weight is 410 g/mol. The van der Waals surface area contributed by atoms with Gasteiger partial charge in [0.15, 0.2) is 13.2 Å². The number of benzene rings is 2. The van der Waals surface area contributed by atoms with Gasteiger partial charge in [0.2, 0.25) is 5.78 Å². The maximum absolute atomic E-state index is 12.0. The van der Waals surface area contributed by atoms with Gasteiger partial charge >= 0.3 is 5.97 Å². The summed E-state index contributed by atoms with van der Waals surface area (Å²) in [6, 6.07) is 11.6. The highest BCUT2D eigenvalue weighted by Gasteiger charge is 2.14. The number of hydrogen-bond donors (Lipinski definition) is 1. The first-order chi connectivity index (χ1) is 12.9. The fourth-order valence-corrected chi connectivity index (χ4v) is 2.59. The zero-order chi connectivity index (χ0) is 19.8. The number of carbonyl (C=O) groups is 3. The second-order valence-corrected chi connectivity index (χ2v) is 6.38. The van der Waals surface area contributed by atoms with Gasteiger partial charge in [-0.05, 0) is 36.8 Å². The van der Waals surface area contributed by atoms with Crippen molar-refractivity contribution in [2.24, 2.45) is 0 Å². The number of ketones is 1. The van der Waals surface area contributed by atoms with Crippen LogP contribution in [0.25, 0.3) is 0 Å². The minimum absolute atomic E-state index is 0.171. The van der Waals surface area contributed by atoms with E-state index < -0.39 is 24.3 Å². The highest BCUT2D eigenvalue weighted by atomic mass is 35.5. The molecule has 6 nitrogen and oxygen atoms in total. The third-order valence-corrected chi connectivity index (χ3v) is 4.03. The standard InChI is InChI=1S/C19H17Cl2NO5/c1-12-4-2-3-5-17(12)26-11-18(24)22-9-19(25)27-10-16(23)14-7-6-13(20)8-15(14)21/h2-8H,9-11H2,1H3,(H,22,24). The zero-order valence-corrected chi connectivity index (χ0v) is 16.0. The average Bonchev–Trinajstić information content (AvgIpc) is 2.63. The first-order valence-electron chi connectivity index (χ1n) is 7.96. The molecule has 0 bridgehead atoms. The number of esters is 1. The second-order valence-electron chi connectivity index (χ2n) is 5.54. The fourth-order valence-electron chi connectivity index (χ4n) is 2.07. The largest absolute Gasteiger partial charge is 0.484 e. The van der Waals surface area contributed by atoms with Crippen LogP contribution in [0.15, 0.2) is 42.5 Å². The van der Waals surface area contributed by atoms with Crippen LogP contribution in [0.4, 0.5) is 0 Å². The molecule has 0 heterocycles. The van der Waals surface area contributed by atoms with Crippen LogP contribution in [-0.4, -0.2) is 37.4 Å². The van der Waals surface area contributed by atoms with E-state index in [0.29, 0.717) is 10.8 Å². The molecular formula is C19H17Cl2NO5. The lowest BCUT2D eigenvalue weighted by atomic mass is 10.1. The van der Waals surface area contributed by atoms with Crippen LogP contribution < -0.4 is 10.1 Å². The van der Waals surface area contributed by atoms with Gasteiger partial charge in [0.25, 0.3) is 5.91 Å². The lowest BCUT2D eigenvalue weighted by molar-refractivity contribution is -0.143. The zero-order valence-electron chi connectivity index (χ0n) is 14.5. The lowest BCUT2D eigenvalue weighted by Crippen LogP contribution is -2.34. The molecule has 0 aliphatic heterocycles. The second kappa shape index (κ2) is 9.94. The SMILES string of the molecule is Cc1ccccc1OCC(=O)NCC(=O)OCC(=O)c1ccc(Cl)cc1Cl. The maximum Gasteiger partial charge on any atom is 0.325 e. The Morgan fingerprint density at radius 2 is 1.78 bits per heavy atom. The summed E-state index contributed by atoms with van der Waals surface area (Å²) in [6.45, 7) is 0.749. The molecule has 0 aliphatic carbocycles. The maximum atomic E-state index is 12.0. The predicted octanol–water partition coefficient (Wildman–Crippen LogP) is 3.22. The Bertz CT molecular complexity index is 854. The van der Waals surface area contributed by atoms with Gasteiger partial charge in [-0.1, -0.05) is 41.4 Å². The summed E-state index contributed by atoms with van der Waals surface area (Å²) in [5, 5.41) is 2.93. The molecule has 2 rings (SSSR count). The van der Waals surface area contributed by atoms with Crippen LogP contribution in [0, 0.1) is 6.92 Å². The number of Topliss-reactive ketones (excluding diaryl/α,β-unsaturated/α-hetero) is 1. The number of amides is 1. The van der Waals surface area contributed by atoms with Crippen LogP contribution in [0.2, 0.25) is 10.0 Å². The van der Waals surface area contributed by atoms with Crippen molar-refractivity contribution in [3.8, 4) is 5.75 Å². The van der Waals surface area contributed by atoms with Crippen molar-refractivity contribution < 1.29 is 23.9 Å². The van der Waals surface area contributed by atoms with Gasteiger partial charge in [-0.3, -0.25) is 14.4 Å². The minimum atomic E-state index is -0.752. The molecule has 0 saturated heterocycles. The number of nitrogens with one attached hydrogen (secondary N) is 1. The number of aryl methyl sites for hydroxylation is 1. The summed E-state index contributed by atoms with van der Waals surface area (Å²) in [4.78, 5) is 35.4. The molecule has 1 amide bonds. The summed E-state index contributed by atoms with van der Waals surface area (Å²) >= 11 is 11.7. The normalized spacial score (nSPS) is 10.2. The van der Waals surface area contributed by atoms with E-state index in [2.05, 4.69) is 5.32 Å². The third kappa shape index (κ3) is 6.58. The molecule has 0 saturated carbocycles. The Morgan fingerprint density at radius 1 is 1.04 bits per heavy atom. The van der Waals surface area contributed by atoms with Gasteiger partial charge in [0.05, 0.1) is 5.02 Å². The van der Waals surface area contributed by atoms with Gasteiger partial charge in [-0.2, -0.15) is 0 Å². The molecule has 0 atom stereocenters. The molecule has 0 unspecified atom stereocenters. The molecule has 2 aromatic carbocycles. The first kappa shape index (κ1) is 20.7. The number of para-hydroxylation sites is 1. The van der Waals surface area contributed by atoms with Crippen molar-refractivity contribution in [1.29, 1.82) is 0 Å². The number of rotatable bonds is 8. The topological polar surface area (TPSA) is 81.7 Å². The molecule has 8 heteroatoms. The third-order valence-electron chi connectivity index (χ3n) is 3.48. The highest BCUT2D eigenvalue weighted by Crippen LogP contribution is 2.21. The fraction of sp³-hybridized carbons (Fsp3) is 0.211. The summed E-state index contributed by atoms with van der Waals surface area (Å²) in [5.74, 6) is -1.13. The molecular weight excluding hydrogens is 393 g/mol. The van der Waals surface area contributed by atoms with Gasteiger partial charge < -0.3 is 14.8 Å². The van der Waals surface area contributed by atoms with E-state index in [9.17, 15) is 14.4 Å². The van der Waals surface area contributed by atoms with E-state index in [4.69, 9.17) is 32.7 Å². The molecule has 27 heavy (non-hydrogen) atoms. The predicted molar refractivity (Wildman–Crippen MR) is 101 cm³/mol. The quantitative estimate of drug-likeness (QED) is 0.534. The minimum Gasteiger partial charge on any atom is -0.484 e. The Hall–Kier alpha value is -2.57. The summed E-state index contributed by atoms with van der Waals surface area (Å²) < 4.78 is 10.2. The van der Waals surface area contributed by atoms with Crippen molar-refractivity contribution in [2.45, 2.75) is 6.92 Å². The van der Waals surface area contributed by atoms with E-state index in [1.54, 1.807) is 12.1 Å². The van der Waals surface area contributed by atoms with Crippen LogP contribution >= 0.6 is 23.2 Å². The van der Waals surface area contributed by atoms with E-state index >= 15 is 0 Å². The van der Waals surface area contributed by atoms with Crippen LogP contribution in [0.3, 0.4) is 0 Å². The Kier molecular flexibility index (Phi) is 7.64. The Balaban J connectivity index is 1.71. The van der Waals surface area contributed by atoms with Crippen molar-refractivity contribution in [3.05, 3.63) is 63.6 Å². The van der Waals surface area contributed by atoms with Crippen LogP contribution in [-0.2, 0) is 14.3 Å². The smallest absolute Gasteiger partial charge is 0.325 e. The molecule has 2 aromatic rings. The van der Waals surface area contributed by atoms with Gasteiger partial charge in [0, 0.05) is 10.6 Å². The van der Waals surface area contributed by atoms with Crippen LogP contribution in [0.5, 0.6) is 5.75 Å². The van der Waals surface area contributed by atoms with Crippen LogP contribution in [0.1, 0.15) is 15.9 Å². The highest BCUT2D eigenvalue weighted by molar-refractivity contribution is 6.36. The van der Waals surface area contributed by atoms with Crippen molar-refractivity contribution in [3.63, 3.8) is 0 Å². The molecule has 0 aliphatic rings. The summed E-state index contributed by atoms with van der Waals surface area (Å²) in [6.07, 6.45) is 0. The molecule has 1 N–H and O–H groups in total. The van der Waals surface area contributed by atoms with Gasteiger partial charge in [-0.25, -0.2) is 0 Å². The molecule has 0 radical (unpaired) electrons. The van der Waals surface area contributed by atoms with Gasteiger partial charge in [-0.15, -0.1) is 0 Å². The first-order valence-corrected chi connectivity index (χ1v) is 8.71. The Morgan fingerprint density at radius 3 is 2.48 bits per heavy atom.